The summed E-state index contributed by atoms with van der Waals surface area (Å²) in [6, 6.07) is 7.96. The molecule has 1 nitrogen and oxygen atoms in total. The molecule has 0 saturated heterocycles. The van der Waals surface area contributed by atoms with Crippen LogP contribution in [-0.2, 0) is 0 Å². The first-order valence-corrected chi connectivity index (χ1v) is 9.41. The maximum atomic E-state index is 6.23. The molecule has 0 aliphatic carbocycles. The van der Waals surface area contributed by atoms with Crippen molar-refractivity contribution in [3.8, 4) is 5.75 Å². The van der Waals surface area contributed by atoms with Crippen LogP contribution in [0, 0.1) is 0 Å². The van der Waals surface area contributed by atoms with E-state index in [0.29, 0.717) is 0 Å². The van der Waals surface area contributed by atoms with E-state index in [1.165, 1.54) is 0 Å². The minimum atomic E-state index is -0.780. The van der Waals surface area contributed by atoms with Crippen molar-refractivity contribution in [2.45, 2.75) is 13.1 Å². The topological polar surface area (TPSA) is 9.23 Å². The van der Waals surface area contributed by atoms with Gasteiger partial charge in [0.15, 0.2) is 0 Å². The van der Waals surface area contributed by atoms with Gasteiger partial charge in [0.25, 0.3) is 9.04 Å². The van der Waals surface area contributed by atoms with E-state index in [1.807, 2.05) is 24.3 Å². The van der Waals surface area contributed by atoms with Crippen LogP contribution in [0.5, 0.6) is 5.75 Å². The Kier molecular flexibility index (Phi) is 4.18. The summed E-state index contributed by atoms with van der Waals surface area (Å²) in [4.78, 5) is 0. The predicted molar refractivity (Wildman–Crippen MR) is 82.5 cm³/mol. The summed E-state index contributed by atoms with van der Waals surface area (Å²) < 4.78 is 7.76. The van der Waals surface area contributed by atoms with Gasteiger partial charge in [-0.1, -0.05) is 27.5 Å². The third-order valence-electron chi connectivity index (χ3n) is 2.23. The number of halogens is 3. The largest absolute Gasteiger partial charge is 0.542 e. The van der Waals surface area contributed by atoms with Gasteiger partial charge in [-0.25, -0.2) is 0 Å². The van der Waals surface area contributed by atoms with E-state index in [1.54, 1.807) is 0 Å². The van der Waals surface area contributed by atoms with Gasteiger partial charge in [0, 0.05) is 14.9 Å². The summed E-state index contributed by atoms with van der Waals surface area (Å²) in [5, 5.41) is 2.83. The van der Waals surface area contributed by atoms with E-state index >= 15 is 0 Å². The lowest BCUT2D eigenvalue weighted by Gasteiger charge is -2.12. The fraction of sp³-hybridized carbons (Fsp3) is 0.167. The minimum absolute atomic E-state index is 0.729. The monoisotopic (exact) mass is 391 g/mol. The van der Waals surface area contributed by atoms with E-state index in [-0.39, 0.29) is 0 Å². The first-order chi connectivity index (χ1) is 7.97. The van der Waals surface area contributed by atoms with Crippen LogP contribution in [0.3, 0.4) is 0 Å². The first kappa shape index (κ1) is 13.4. The van der Waals surface area contributed by atoms with Gasteiger partial charge in [0.2, 0.25) is 0 Å². The van der Waals surface area contributed by atoms with Gasteiger partial charge in [0.1, 0.15) is 5.75 Å². The van der Waals surface area contributed by atoms with E-state index in [0.717, 1.165) is 30.5 Å². The average molecular weight is 394 g/mol. The maximum Gasteiger partial charge on any atom is 0.274 e. The molecule has 0 bridgehead atoms. The van der Waals surface area contributed by atoms with Crippen LogP contribution in [0.15, 0.2) is 33.2 Å². The summed E-state index contributed by atoms with van der Waals surface area (Å²) in [6.07, 6.45) is 0. The van der Waals surface area contributed by atoms with E-state index in [4.69, 9.17) is 16.0 Å². The van der Waals surface area contributed by atoms with Crippen molar-refractivity contribution in [2.75, 3.05) is 0 Å². The van der Waals surface area contributed by atoms with Crippen LogP contribution in [0.2, 0.25) is 18.1 Å². The van der Waals surface area contributed by atoms with Gasteiger partial charge in [-0.2, -0.15) is 0 Å². The lowest BCUT2D eigenvalue weighted by Crippen LogP contribution is -2.11. The molecule has 0 aromatic heterocycles. The Morgan fingerprint density at radius 3 is 2.47 bits per heavy atom. The van der Waals surface area contributed by atoms with Gasteiger partial charge in [0.05, 0.1) is 4.47 Å². The molecule has 2 aromatic rings. The number of fused-ring (bicyclic) bond motifs is 1. The molecule has 1 radical (unpaired) electrons. The van der Waals surface area contributed by atoms with Gasteiger partial charge >= 0.3 is 0 Å². The standard InChI is InChI=1S/C12H10Br2ClOSi/c1-17(2)16-12-6-9-7(4-10(12)14)3-8(13)5-11(9)15/h3-6H,1-2H3. The normalized spacial score (nSPS) is 11.2. The number of hydrogen-bond donors (Lipinski definition) is 0. The highest BCUT2D eigenvalue weighted by molar-refractivity contribution is 9.10. The van der Waals surface area contributed by atoms with Crippen molar-refractivity contribution in [2.24, 2.45) is 0 Å². The van der Waals surface area contributed by atoms with Gasteiger partial charge in [-0.15, -0.1) is 0 Å². The molecule has 2 rings (SSSR count). The molecule has 2 aromatic carbocycles. The summed E-state index contributed by atoms with van der Waals surface area (Å²) >= 11 is 13.2. The highest BCUT2D eigenvalue weighted by atomic mass is 79.9. The Morgan fingerprint density at radius 2 is 1.82 bits per heavy atom. The zero-order valence-corrected chi connectivity index (χ0v) is 14.3. The lowest BCUT2D eigenvalue weighted by atomic mass is 10.1. The molecular formula is C12H10Br2ClOSi. The molecule has 0 atom stereocenters. The Morgan fingerprint density at radius 1 is 1.12 bits per heavy atom. The zero-order valence-electron chi connectivity index (χ0n) is 9.35. The second-order valence-electron chi connectivity index (χ2n) is 3.90. The summed E-state index contributed by atoms with van der Waals surface area (Å²) in [7, 11) is -0.780. The Labute approximate surface area is 124 Å². The van der Waals surface area contributed by atoms with Gasteiger partial charge in [-0.05, 0) is 58.7 Å². The molecule has 17 heavy (non-hydrogen) atoms. The fourth-order valence-electron chi connectivity index (χ4n) is 1.58. The second kappa shape index (κ2) is 5.30. The highest BCUT2D eigenvalue weighted by Crippen LogP contribution is 2.35. The van der Waals surface area contributed by atoms with Crippen LogP contribution >= 0.6 is 43.5 Å². The van der Waals surface area contributed by atoms with Crippen LogP contribution in [0.4, 0.5) is 0 Å². The molecule has 0 aliphatic rings. The van der Waals surface area contributed by atoms with Crippen molar-refractivity contribution < 1.29 is 4.43 Å². The highest BCUT2D eigenvalue weighted by Gasteiger charge is 2.09. The van der Waals surface area contributed by atoms with Gasteiger partial charge < -0.3 is 4.43 Å². The number of benzene rings is 2. The Balaban J connectivity index is 2.63. The average Bonchev–Trinajstić information content (AvgIpc) is 2.19. The van der Waals surface area contributed by atoms with E-state index in [2.05, 4.69) is 45.0 Å². The molecule has 5 heteroatoms. The number of rotatable bonds is 2. The molecule has 0 unspecified atom stereocenters. The van der Waals surface area contributed by atoms with Crippen LogP contribution < -0.4 is 4.43 Å². The summed E-state index contributed by atoms with van der Waals surface area (Å²) in [6.45, 7) is 4.20. The smallest absolute Gasteiger partial charge is 0.274 e. The molecule has 0 spiro atoms. The SMILES string of the molecule is C[Si](C)Oc1cc2c(Cl)cc(Br)cc2cc1Br. The molecule has 0 fully saturated rings. The van der Waals surface area contributed by atoms with Crippen molar-refractivity contribution >= 4 is 63.3 Å². The van der Waals surface area contributed by atoms with E-state index < -0.39 is 9.04 Å². The number of hydrogen-bond acceptors (Lipinski definition) is 1. The Bertz CT molecular complexity index is 572. The van der Waals surface area contributed by atoms with Crippen molar-refractivity contribution in [1.82, 2.24) is 0 Å². The Hall–Kier alpha value is -0.0331. The molecule has 0 saturated carbocycles. The van der Waals surface area contributed by atoms with Gasteiger partial charge in [-0.3, -0.25) is 0 Å². The van der Waals surface area contributed by atoms with Crippen LogP contribution in [0.25, 0.3) is 10.8 Å². The predicted octanol–water partition coefficient (Wildman–Crippen LogP) is 5.65. The van der Waals surface area contributed by atoms with Crippen LogP contribution in [0.1, 0.15) is 0 Å². The first-order valence-electron chi connectivity index (χ1n) is 5.03. The molecule has 0 N–H and O–H groups in total. The molecule has 89 valence electrons. The van der Waals surface area contributed by atoms with Crippen molar-refractivity contribution in [1.29, 1.82) is 0 Å². The molecule has 0 aliphatic heterocycles. The molecular weight excluding hydrogens is 383 g/mol. The van der Waals surface area contributed by atoms with Crippen molar-refractivity contribution in [3.05, 3.63) is 38.2 Å². The minimum Gasteiger partial charge on any atom is -0.542 e. The zero-order chi connectivity index (χ0) is 12.6. The third-order valence-corrected chi connectivity index (χ3v) is 4.25. The summed E-state index contributed by atoms with van der Waals surface area (Å²) in [5.74, 6) is 0.862. The fourth-order valence-corrected chi connectivity index (χ4v) is 3.67. The quantitative estimate of drug-likeness (QED) is 0.599. The maximum absolute atomic E-state index is 6.23. The van der Waals surface area contributed by atoms with Crippen molar-refractivity contribution in [3.63, 3.8) is 0 Å². The molecule has 0 heterocycles. The molecule has 0 amide bonds. The second-order valence-corrected chi connectivity index (χ2v) is 8.10. The van der Waals surface area contributed by atoms with E-state index in [9.17, 15) is 0 Å². The third kappa shape index (κ3) is 3.05. The summed E-state index contributed by atoms with van der Waals surface area (Å²) in [5.41, 5.74) is 0. The lowest BCUT2D eigenvalue weighted by molar-refractivity contribution is 0.578. The van der Waals surface area contributed by atoms with Crippen LogP contribution in [-0.4, -0.2) is 9.04 Å².